The minimum atomic E-state index is -4.42. The van der Waals surface area contributed by atoms with E-state index in [1.54, 1.807) is 0 Å². The van der Waals surface area contributed by atoms with E-state index in [1.807, 2.05) is 0 Å². The number of fused-ring (bicyclic) bond motifs is 6. The van der Waals surface area contributed by atoms with Crippen LogP contribution in [0.4, 0.5) is 18.9 Å². The fourth-order valence-electron chi connectivity index (χ4n) is 6.19. The molecule has 8 heteroatoms. The van der Waals surface area contributed by atoms with Crippen molar-refractivity contribution in [1.82, 2.24) is 9.80 Å². The molecule has 0 amide bonds. The molecule has 3 aliphatic heterocycles. The fraction of sp³-hybridized carbons (Fsp3) is 0.609. The maximum atomic E-state index is 13.2. The molecule has 0 radical (unpaired) electrons. The Hall–Kier alpha value is -1.31. The highest BCUT2D eigenvalue weighted by Gasteiger charge is 2.46. The summed E-state index contributed by atoms with van der Waals surface area (Å²) in [7, 11) is 0. The van der Waals surface area contributed by atoms with Crippen molar-refractivity contribution < 1.29 is 13.2 Å². The van der Waals surface area contributed by atoms with E-state index in [1.165, 1.54) is 43.9 Å². The van der Waals surface area contributed by atoms with Crippen LogP contribution in [0.25, 0.3) is 0 Å². The highest BCUT2D eigenvalue weighted by atomic mass is 35.5. The second kappa shape index (κ2) is 8.23. The first-order valence-corrected chi connectivity index (χ1v) is 12.0. The summed E-state index contributed by atoms with van der Waals surface area (Å²) in [6, 6.07) is 4.24. The molecule has 0 aromatic heterocycles. The predicted molar refractivity (Wildman–Crippen MR) is 121 cm³/mol. The topological polar surface area (TPSA) is 18.5 Å². The summed E-state index contributed by atoms with van der Waals surface area (Å²) in [4.78, 5) is 4.87. The summed E-state index contributed by atoms with van der Waals surface area (Å²) in [6.45, 7) is 3.08. The van der Waals surface area contributed by atoms with Crippen LogP contribution in [0.3, 0.4) is 0 Å². The van der Waals surface area contributed by atoms with E-state index in [4.69, 9.17) is 23.8 Å². The molecule has 168 valence electrons. The zero-order valence-electron chi connectivity index (χ0n) is 17.3. The van der Waals surface area contributed by atoms with Crippen molar-refractivity contribution in [2.24, 2.45) is 11.8 Å². The Morgan fingerprint density at radius 1 is 1.16 bits per heavy atom. The Kier molecular flexibility index (Phi) is 5.72. The molecule has 1 aromatic carbocycles. The first kappa shape index (κ1) is 21.5. The maximum absolute atomic E-state index is 13.2. The number of nitrogens with one attached hydrogen (secondary N) is 1. The lowest BCUT2D eigenvalue weighted by molar-refractivity contribution is -0.137. The normalized spacial score (nSPS) is 30.8. The van der Waals surface area contributed by atoms with E-state index in [2.05, 4.69) is 21.2 Å². The number of hydrogen-bond acceptors (Lipinski definition) is 2. The van der Waals surface area contributed by atoms with Crippen LogP contribution in [-0.2, 0) is 6.18 Å². The van der Waals surface area contributed by atoms with Gasteiger partial charge in [0.2, 0.25) is 0 Å². The van der Waals surface area contributed by atoms with Gasteiger partial charge in [0.25, 0.3) is 0 Å². The van der Waals surface area contributed by atoms with E-state index < -0.39 is 11.7 Å². The molecule has 3 saturated heterocycles. The zero-order chi connectivity index (χ0) is 21.8. The van der Waals surface area contributed by atoms with Gasteiger partial charge in [-0.1, -0.05) is 29.7 Å². The van der Waals surface area contributed by atoms with Gasteiger partial charge < -0.3 is 10.2 Å². The van der Waals surface area contributed by atoms with Gasteiger partial charge in [-0.25, -0.2) is 0 Å². The SMILES string of the molecule is FC(F)(F)c1ccc(Cl)c(NC(=S)N2CCCC3=C[C@@H]4C[C@H](CN5CCCC[C@H]45)[C@@H]32)c1. The Morgan fingerprint density at radius 2 is 2.00 bits per heavy atom. The minimum absolute atomic E-state index is 0.214. The largest absolute Gasteiger partial charge is 0.416 e. The Balaban J connectivity index is 1.39. The predicted octanol–water partition coefficient (Wildman–Crippen LogP) is 5.95. The molecule has 31 heavy (non-hydrogen) atoms. The van der Waals surface area contributed by atoms with Crippen molar-refractivity contribution in [3.63, 3.8) is 0 Å². The van der Waals surface area contributed by atoms with Crippen LogP contribution in [0.5, 0.6) is 0 Å². The maximum Gasteiger partial charge on any atom is 0.416 e. The van der Waals surface area contributed by atoms with Crippen molar-refractivity contribution in [2.75, 3.05) is 25.0 Å². The molecule has 3 fully saturated rings. The number of nitrogens with zero attached hydrogens (tertiary/aromatic N) is 2. The van der Waals surface area contributed by atoms with Gasteiger partial charge >= 0.3 is 6.18 Å². The van der Waals surface area contributed by atoms with Crippen molar-refractivity contribution in [3.8, 4) is 0 Å². The summed E-state index contributed by atoms with van der Waals surface area (Å²) in [5.41, 5.74) is 0.952. The number of hydrogen-bond donors (Lipinski definition) is 1. The van der Waals surface area contributed by atoms with Gasteiger partial charge in [0.1, 0.15) is 0 Å². The van der Waals surface area contributed by atoms with Crippen LogP contribution < -0.4 is 5.32 Å². The van der Waals surface area contributed by atoms with E-state index in [0.717, 1.165) is 38.1 Å². The molecule has 3 heterocycles. The van der Waals surface area contributed by atoms with E-state index in [9.17, 15) is 13.2 Å². The number of rotatable bonds is 1. The van der Waals surface area contributed by atoms with Crippen molar-refractivity contribution in [2.45, 2.75) is 56.8 Å². The average Bonchev–Trinajstić information content (AvgIpc) is 2.74. The van der Waals surface area contributed by atoms with Crippen molar-refractivity contribution in [3.05, 3.63) is 40.4 Å². The van der Waals surface area contributed by atoms with Gasteiger partial charge in [0.15, 0.2) is 5.11 Å². The van der Waals surface area contributed by atoms with Crippen LogP contribution in [-0.4, -0.2) is 46.6 Å². The number of thiocarbonyl (C=S) groups is 1. The van der Waals surface area contributed by atoms with Gasteiger partial charge in [-0.05, 0) is 80.9 Å². The smallest absolute Gasteiger partial charge is 0.342 e. The fourth-order valence-corrected chi connectivity index (χ4v) is 6.67. The monoisotopic (exact) mass is 469 g/mol. The summed E-state index contributed by atoms with van der Waals surface area (Å²) < 4.78 is 39.5. The minimum Gasteiger partial charge on any atom is -0.342 e. The van der Waals surface area contributed by atoms with Gasteiger partial charge in [0, 0.05) is 19.1 Å². The molecule has 1 aromatic rings. The van der Waals surface area contributed by atoms with Crippen molar-refractivity contribution >= 4 is 34.6 Å². The quantitative estimate of drug-likeness (QED) is 0.404. The first-order valence-electron chi connectivity index (χ1n) is 11.2. The van der Waals surface area contributed by atoms with Crippen LogP contribution in [0.1, 0.15) is 44.1 Å². The molecule has 0 spiro atoms. The third-order valence-corrected chi connectivity index (χ3v) is 8.12. The van der Waals surface area contributed by atoms with Crippen LogP contribution >= 0.6 is 23.8 Å². The summed E-state index contributed by atoms with van der Waals surface area (Å²) in [6.07, 6.45) is 5.26. The molecule has 5 rings (SSSR count). The molecule has 1 N–H and O–H groups in total. The summed E-state index contributed by atoms with van der Waals surface area (Å²) >= 11 is 11.9. The molecule has 0 unspecified atom stereocenters. The molecule has 4 aliphatic rings. The lowest BCUT2D eigenvalue weighted by atomic mass is 9.68. The van der Waals surface area contributed by atoms with Crippen LogP contribution in [0, 0.1) is 11.8 Å². The lowest BCUT2D eigenvalue weighted by Crippen LogP contribution is -2.60. The number of piperidine rings is 3. The number of halogens is 4. The highest BCUT2D eigenvalue weighted by Crippen LogP contribution is 2.45. The van der Waals surface area contributed by atoms with Gasteiger partial charge in [-0.3, -0.25) is 4.90 Å². The van der Waals surface area contributed by atoms with Gasteiger partial charge in [-0.2, -0.15) is 13.2 Å². The average molecular weight is 470 g/mol. The number of benzene rings is 1. The van der Waals surface area contributed by atoms with Crippen molar-refractivity contribution in [1.29, 1.82) is 0 Å². The third kappa shape index (κ3) is 4.09. The molecule has 4 atom stereocenters. The number of anilines is 1. The van der Waals surface area contributed by atoms with Crippen LogP contribution in [0.2, 0.25) is 5.02 Å². The second-order valence-corrected chi connectivity index (χ2v) is 10.1. The number of likely N-dealkylation sites (tertiary alicyclic amines) is 1. The van der Waals surface area contributed by atoms with Crippen LogP contribution in [0.15, 0.2) is 29.8 Å². The molecular weight excluding hydrogens is 443 g/mol. The Bertz CT molecular complexity index is 903. The lowest BCUT2D eigenvalue weighted by Gasteiger charge is -2.55. The van der Waals surface area contributed by atoms with Gasteiger partial charge in [0.05, 0.1) is 22.3 Å². The molecule has 1 aliphatic carbocycles. The second-order valence-electron chi connectivity index (χ2n) is 9.32. The molecular formula is C23H27ClF3N3S. The van der Waals surface area contributed by atoms with E-state index in [-0.39, 0.29) is 16.8 Å². The zero-order valence-corrected chi connectivity index (χ0v) is 18.9. The number of alkyl halides is 3. The summed E-state index contributed by atoms with van der Waals surface area (Å²) in [5, 5.41) is 3.75. The van der Waals surface area contributed by atoms with Gasteiger partial charge in [-0.15, -0.1) is 0 Å². The highest BCUT2D eigenvalue weighted by molar-refractivity contribution is 7.80. The summed E-state index contributed by atoms with van der Waals surface area (Å²) in [5.74, 6) is 1.14. The first-order chi connectivity index (χ1) is 14.8. The Labute approximate surface area is 191 Å². The van der Waals surface area contributed by atoms with E-state index >= 15 is 0 Å². The standard InChI is InChI=1S/C23H27ClF3N3S/c24-18-7-6-17(23(25,26)27)12-19(18)28-22(31)30-9-3-4-14-10-15-11-16(21(14)30)13-29-8-2-1-5-20(15)29/h6-7,10,12,15-16,20-21H,1-5,8-9,11,13H2,(H,28,31)/t15-,16-,20-,21-/m1/s1. The Morgan fingerprint density at radius 3 is 2.81 bits per heavy atom. The van der Waals surface area contributed by atoms with E-state index in [0.29, 0.717) is 23.0 Å². The molecule has 2 bridgehead atoms. The molecule has 0 saturated carbocycles. The third-order valence-electron chi connectivity index (χ3n) is 7.45. The molecule has 3 nitrogen and oxygen atoms in total.